The smallest absolute Gasteiger partial charge is 0.253 e. The highest BCUT2D eigenvalue weighted by Crippen LogP contribution is 2.26. The summed E-state index contributed by atoms with van der Waals surface area (Å²) in [7, 11) is 5.09. The number of aryl methyl sites for hydroxylation is 2. The quantitative estimate of drug-likeness (QED) is 0.481. The van der Waals surface area contributed by atoms with Crippen LogP contribution in [-0.2, 0) is 24.2 Å². The van der Waals surface area contributed by atoms with E-state index in [-0.39, 0.29) is 17.7 Å². The van der Waals surface area contributed by atoms with Gasteiger partial charge in [0.05, 0.1) is 12.2 Å². The number of nitrogen functional groups attached to an aromatic ring is 1. The van der Waals surface area contributed by atoms with Crippen molar-refractivity contribution < 1.29 is 14.4 Å². The fourth-order valence-corrected chi connectivity index (χ4v) is 4.48. The number of nitrogens with two attached hydrogens (primary N) is 1. The molecule has 1 heterocycles. The van der Waals surface area contributed by atoms with Gasteiger partial charge in [-0.2, -0.15) is 0 Å². The lowest BCUT2D eigenvalue weighted by Gasteiger charge is -2.17. The Kier molecular flexibility index (Phi) is 8.01. The largest absolute Gasteiger partial charge is 0.399 e. The number of nitrogens with zero attached hydrogens (tertiary/aromatic N) is 3. The third-order valence-corrected chi connectivity index (χ3v) is 6.20. The van der Waals surface area contributed by atoms with E-state index < -0.39 is 0 Å². The molecule has 9 heteroatoms. The zero-order valence-electron chi connectivity index (χ0n) is 19.8. The average Bonchev–Trinajstić information content (AvgIpc) is 3.17. The minimum Gasteiger partial charge on any atom is -0.399 e. The van der Waals surface area contributed by atoms with Crippen LogP contribution in [0.1, 0.15) is 43.8 Å². The van der Waals surface area contributed by atoms with E-state index in [1.807, 2.05) is 24.3 Å². The zero-order valence-corrected chi connectivity index (χ0v) is 20.6. The van der Waals surface area contributed by atoms with Crippen molar-refractivity contribution >= 4 is 39.9 Å². The molecule has 3 rings (SSSR count). The van der Waals surface area contributed by atoms with Gasteiger partial charge in [-0.1, -0.05) is 23.5 Å². The number of carbonyl (C=O) groups excluding carboxylic acids is 3. The van der Waals surface area contributed by atoms with E-state index in [4.69, 9.17) is 5.73 Å². The number of hydrogen-bond acceptors (Lipinski definition) is 6. The molecule has 178 valence electrons. The van der Waals surface area contributed by atoms with Crippen LogP contribution in [0.2, 0.25) is 0 Å². The van der Waals surface area contributed by atoms with Crippen LogP contribution in [0.25, 0.3) is 0 Å². The summed E-state index contributed by atoms with van der Waals surface area (Å²) in [5.41, 5.74) is 9.47. The van der Waals surface area contributed by atoms with Crippen molar-refractivity contribution in [1.82, 2.24) is 14.8 Å². The molecule has 0 saturated carbocycles. The number of amides is 3. The normalized spacial score (nSPS) is 10.6. The Morgan fingerprint density at radius 3 is 2.06 bits per heavy atom. The van der Waals surface area contributed by atoms with E-state index in [9.17, 15) is 14.4 Å². The summed E-state index contributed by atoms with van der Waals surface area (Å²) in [5.74, 6) is -0.474. The van der Waals surface area contributed by atoms with Gasteiger partial charge in [0.1, 0.15) is 0 Å². The van der Waals surface area contributed by atoms with Crippen molar-refractivity contribution in [3.63, 3.8) is 0 Å². The number of aromatic nitrogens is 1. The van der Waals surface area contributed by atoms with Gasteiger partial charge in [-0.05, 0) is 54.8 Å². The molecule has 0 unspecified atom stereocenters. The SMILES string of the molecule is CC(=O)Nc1nc(CCc2ccc(N)cc2)c(CN(C)C(=O)c2ccc(C(=O)N(C)C)cc2)s1. The number of nitrogens with one attached hydrogen (secondary N) is 1. The molecule has 3 aromatic rings. The minimum atomic E-state index is -0.192. The standard InChI is InChI=1S/C25H29N5O3S/c1-16(31)27-25-28-21(14-7-17-5-12-20(26)13-6-17)22(34-25)15-30(4)24(33)19-10-8-18(9-11-19)23(32)29(2)3/h5-6,8-13H,7,14-15,26H2,1-4H3,(H,27,28,31). The molecule has 0 fully saturated rings. The van der Waals surface area contributed by atoms with E-state index in [1.165, 1.54) is 23.2 Å². The maximum atomic E-state index is 13.0. The van der Waals surface area contributed by atoms with Gasteiger partial charge in [-0.25, -0.2) is 4.98 Å². The van der Waals surface area contributed by atoms with E-state index in [0.29, 0.717) is 34.9 Å². The van der Waals surface area contributed by atoms with Gasteiger partial charge in [0.25, 0.3) is 11.8 Å². The molecule has 0 radical (unpaired) electrons. The first-order valence-electron chi connectivity index (χ1n) is 10.8. The highest BCUT2D eigenvalue weighted by Gasteiger charge is 2.19. The second-order valence-corrected chi connectivity index (χ2v) is 9.33. The molecule has 34 heavy (non-hydrogen) atoms. The highest BCUT2D eigenvalue weighted by molar-refractivity contribution is 7.15. The molecular weight excluding hydrogens is 450 g/mol. The predicted molar refractivity (Wildman–Crippen MR) is 135 cm³/mol. The Morgan fingerprint density at radius 1 is 0.912 bits per heavy atom. The summed E-state index contributed by atoms with van der Waals surface area (Å²) in [6.07, 6.45) is 1.42. The predicted octanol–water partition coefficient (Wildman–Crippen LogP) is 3.44. The van der Waals surface area contributed by atoms with Gasteiger partial charge < -0.3 is 20.9 Å². The Morgan fingerprint density at radius 2 is 1.50 bits per heavy atom. The third kappa shape index (κ3) is 6.41. The van der Waals surface area contributed by atoms with Gasteiger partial charge >= 0.3 is 0 Å². The molecule has 0 spiro atoms. The Hall–Kier alpha value is -3.72. The molecule has 8 nitrogen and oxygen atoms in total. The van der Waals surface area contributed by atoms with E-state index >= 15 is 0 Å². The number of thiazole rings is 1. The van der Waals surface area contributed by atoms with Gasteiger partial charge in [0, 0.05) is 49.8 Å². The summed E-state index contributed by atoms with van der Waals surface area (Å²) in [5, 5.41) is 3.26. The van der Waals surface area contributed by atoms with Crippen molar-refractivity contribution in [2.45, 2.75) is 26.3 Å². The molecule has 0 bridgehead atoms. The maximum Gasteiger partial charge on any atom is 0.253 e. The highest BCUT2D eigenvalue weighted by atomic mass is 32.1. The Labute approximate surface area is 203 Å². The van der Waals surface area contributed by atoms with E-state index in [2.05, 4.69) is 10.3 Å². The Bertz CT molecular complexity index is 1170. The summed E-state index contributed by atoms with van der Waals surface area (Å²) < 4.78 is 0. The molecule has 0 aliphatic carbocycles. The Balaban J connectivity index is 1.74. The molecule has 1 aromatic heterocycles. The van der Waals surface area contributed by atoms with Crippen molar-refractivity contribution in [3.8, 4) is 0 Å². The average molecular weight is 480 g/mol. The van der Waals surface area contributed by atoms with Gasteiger partial charge in [-0.15, -0.1) is 0 Å². The van der Waals surface area contributed by atoms with Crippen LogP contribution in [0.15, 0.2) is 48.5 Å². The van der Waals surface area contributed by atoms with Crippen molar-refractivity contribution in [3.05, 3.63) is 75.8 Å². The fraction of sp³-hybridized carbons (Fsp3) is 0.280. The molecule has 3 amide bonds. The summed E-state index contributed by atoms with van der Waals surface area (Å²) in [4.78, 5) is 45.2. The first-order chi connectivity index (χ1) is 16.1. The van der Waals surface area contributed by atoms with Crippen LogP contribution in [-0.4, -0.2) is 53.6 Å². The van der Waals surface area contributed by atoms with Crippen molar-refractivity contribution in [2.24, 2.45) is 0 Å². The lowest BCUT2D eigenvalue weighted by atomic mass is 10.1. The van der Waals surface area contributed by atoms with Crippen LogP contribution < -0.4 is 11.1 Å². The monoisotopic (exact) mass is 479 g/mol. The lowest BCUT2D eigenvalue weighted by molar-refractivity contribution is -0.114. The third-order valence-electron chi connectivity index (χ3n) is 5.20. The maximum absolute atomic E-state index is 13.0. The lowest BCUT2D eigenvalue weighted by Crippen LogP contribution is -2.26. The molecule has 0 atom stereocenters. The second kappa shape index (κ2) is 10.9. The summed E-state index contributed by atoms with van der Waals surface area (Å²) in [6, 6.07) is 14.3. The number of benzene rings is 2. The molecular formula is C25H29N5O3S. The van der Waals surface area contributed by atoms with Crippen LogP contribution in [0.4, 0.5) is 10.8 Å². The minimum absolute atomic E-state index is 0.117. The van der Waals surface area contributed by atoms with Crippen molar-refractivity contribution in [2.75, 3.05) is 32.2 Å². The molecule has 0 aliphatic heterocycles. The second-order valence-electron chi connectivity index (χ2n) is 8.25. The van der Waals surface area contributed by atoms with Crippen LogP contribution in [0, 0.1) is 0 Å². The van der Waals surface area contributed by atoms with Crippen molar-refractivity contribution in [1.29, 1.82) is 0 Å². The number of carbonyl (C=O) groups is 3. The molecule has 0 saturated heterocycles. The topological polar surface area (TPSA) is 109 Å². The fourth-order valence-electron chi connectivity index (χ4n) is 3.37. The van der Waals surface area contributed by atoms with E-state index in [1.54, 1.807) is 50.3 Å². The van der Waals surface area contributed by atoms with Crippen LogP contribution in [0.5, 0.6) is 0 Å². The summed E-state index contributed by atoms with van der Waals surface area (Å²) >= 11 is 1.37. The first-order valence-corrected chi connectivity index (χ1v) is 11.6. The van der Waals surface area contributed by atoms with Crippen LogP contribution >= 0.6 is 11.3 Å². The molecule has 3 N–H and O–H groups in total. The van der Waals surface area contributed by atoms with Gasteiger partial charge in [-0.3, -0.25) is 14.4 Å². The number of rotatable bonds is 8. The van der Waals surface area contributed by atoms with E-state index in [0.717, 1.165) is 22.6 Å². The summed E-state index contributed by atoms with van der Waals surface area (Å²) in [6.45, 7) is 1.79. The molecule has 0 aliphatic rings. The molecule has 2 aromatic carbocycles. The number of anilines is 2. The first kappa shape index (κ1) is 24.9. The number of hydrogen-bond donors (Lipinski definition) is 2. The van der Waals surface area contributed by atoms with Gasteiger partial charge in [0.2, 0.25) is 5.91 Å². The van der Waals surface area contributed by atoms with Gasteiger partial charge in [0.15, 0.2) is 5.13 Å². The van der Waals surface area contributed by atoms with Crippen LogP contribution in [0.3, 0.4) is 0 Å². The zero-order chi connectivity index (χ0) is 24.8.